The van der Waals surface area contributed by atoms with Gasteiger partial charge in [0.05, 0.1) is 11.9 Å². The van der Waals surface area contributed by atoms with E-state index in [-0.39, 0.29) is 5.91 Å². The molecule has 1 aliphatic carbocycles. The molecule has 1 atom stereocenters. The van der Waals surface area contributed by atoms with Crippen LogP contribution in [0.25, 0.3) is 0 Å². The first kappa shape index (κ1) is 18.2. The number of hydrogen-bond donors (Lipinski definition) is 2. The van der Waals surface area contributed by atoms with Gasteiger partial charge in [0, 0.05) is 6.20 Å². The Morgan fingerprint density at radius 3 is 2.62 bits per heavy atom. The van der Waals surface area contributed by atoms with E-state index in [0.717, 1.165) is 12.8 Å². The van der Waals surface area contributed by atoms with Crippen LogP contribution in [-0.2, 0) is 9.53 Å². The second-order valence-electron chi connectivity index (χ2n) is 7.32. The molecule has 1 aromatic heterocycles. The molecule has 6 nitrogen and oxygen atoms in total. The predicted octanol–water partition coefficient (Wildman–Crippen LogP) is 3.49. The van der Waals surface area contributed by atoms with Crippen LogP contribution < -0.4 is 10.6 Å². The molecule has 1 aliphatic rings. The van der Waals surface area contributed by atoms with Crippen molar-refractivity contribution in [2.75, 3.05) is 5.32 Å². The van der Waals surface area contributed by atoms with Crippen LogP contribution in [-0.4, -0.2) is 28.6 Å². The van der Waals surface area contributed by atoms with Crippen molar-refractivity contribution in [3.63, 3.8) is 0 Å². The summed E-state index contributed by atoms with van der Waals surface area (Å²) in [5, 5.41) is 5.54. The molecule has 24 heavy (non-hydrogen) atoms. The summed E-state index contributed by atoms with van der Waals surface area (Å²) in [6.07, 6.45) is 7.88. The zero-order chi connectivity index (χ0) is 17.6. The molecule has 2 amide bonds. The maximum absolute atomic E-state index is 12.6. The zero-order valence-electron chi connectivity index (χ0n) is 14.7. The standard InChI is InChI=1S/C18H27N3O3/c1-18(2,3)24-17(23)21-15(11-13-7-4-5-8-13)16(22)20-14-9-6-10-19-12-14/h6,9-10,12-13,15H,4-5,7-8,11H2,1-3H3,(H,20,22)(H,21,23)/t15-/m0/s1. The topological polar surface area (TPSA) is 80.3 Å². The average molecular weight is 333 g/mol. The fourth-order valence-corrected chi connectivity index (χ4v) is 2.93. The Hall–Kier alpha value is -2.11. The highest BCUT2D eigenvalue weighted by Crippen LogP contribution is 2.29. The largest absolute Gasteiger partial charge is 0.444 e. The Balaban J connectivity index is 2.00. The van der Waals surface area contributed by atoms with Crippen molar-refractivity contribution in [3.05, 3.63) is 24.5 Å². The monoisotopic (exact) mass is 333 g/mol. The van der Waals surface area contributed by atoms with Crippen LogP contribution in [0.4, 0.5) is 10.5 Å². The number of anilines is 1. The highest BCUT2D eigenvalue weighted by atomic mass is 16.6. The van der Waals surface area contributed by atoms with Crippen molar-refractivity contribution in [3.8, 4) is 0 Å². The van der Waals surface area contributed by atoms with Gasteiger partial charge in [-0.3, -0.25) is 9.78 Å². The molecule has 1 heterocycles. The lowest BCUT2D eigenvalue weighted by Gasteiger charge is -2.24. The minimum atomic E-state index is -0.608. The van der Waals surface area contributed by atoms with E-state index in [2.05, 4.69) is 15.6 Å². The SMILES string of the molecule is CC(C)(C)OC(=O)N[C@@H](CC1CCCC1)C(=O)Nc1cccnc1. The Morgan fingerprint density at radius 1 is 1.33 bits per heavy atom. The summed E-state index contributed by atoms with van der Waals surface area (Å²) in [7, 11) is 0. The van der Waals surface area contributed by atoms with Gasteiger partial charge in [0.1, 0.15) is 11.6 Å². The highest BCUT2D eigenvalue weighted by Gasteiger charge is 2.28. The molecule has 0 bridgehead atoms. The second-order valence-corrected chi connectivity index (χ2v) is 7.32. The smallest absolute Gasteiger partial charge is 0.408 e. The lowest BCUT2D eigenvalue weighted by Crippen LogP contribution is -2.46. The zero-order valence-corrected chi connectivity index (χ0v) is 14.7. The first-order valence-corrected chi connectivity index (χ1v) is 8.54. The van der Waals surface area contributed by atoms with Gasteiger partial charge in [-0.2, -0.15) is 0 Å². The number of rotatable bonds is 5. The van der Waals surface area contributed by atoms with Crippen LogP contribution in [0.1, 0.15) is 52.9 Å². The van der Waals surface area contributed by atoms with Crippen LogP contribution in [0.15, 0.2) is 24.5 Å². The number of carbonyl (C=O) groups excluding carboxylic acids is 2. The Labute approximate surface area is 143 Å². The number of amides is 2. The first-order chi connectivity index (χ1) is 11.3. The summed E-state index contributed by atoms with van der Waals surface area (Å²) in [6, 6.07) is 2.91. The van der Waals surface area contributed by atoms with Crippen LogP contribution in [0.5, 0.6) is 0 Å². The number of nitrogens with zero attached hydrogens (tertiary/aromatic N) is 1. The molecule has 1 aromatic rings. The first-order valence-electron chi connectivity index (χ1n) is 8.54. The molecular formula is C18H27N3O3. The van der Waals surface area contributed by atoms with Gasteiger partial charge >= 0.3 is 6.09 Å². The number of aromatic nitrogens is 1. The summed E-state index contributed by atoms with van der Waals surface area (Å²) < 4.78 is 5.29. The van der Waals surface area contributed by atoms with Gasteiger partial charge < -0.3 is 15.4 Å². The molecule has 0 unspecified atom stereocenters. The number of alkyl carbamates (subject to hydrolysis) is 1. The van der Waals surface area contributed by atoms with E-state index in [0.29, 0.717) is 18.0 Å². The maximum atomic E-state index is 12.6. The summed E-state index contributed by atoms with van der Waals surface area (Å²) in [5.41, 5.74) is 0.0202. The quantitative estimate of drug-likeness (QED) is 0.864. The molecule has 0 radical (unpaired) electrons. The molecule has 0 spiro atoms. The minimum Gasteiger partial charge on any atom is -0.444 e. The normalized spacial score (nSPS) is 16.5. The van der Waals surface area contributed by atoms with E-state index in [4.69, 9.17) is 4.74 Å². The lowest BCUT2D eigenvalue weighted by molar-refractivity contribution is -0.118. The van der Waals surface area contributed by atoms with E-state index < -0.39 is 17.7 Å². The number of nitrogens with one attached hydrogen (secondary N) is 2. The molecule has 0 aromatic carbocycles. The third kappa shape index (κ3) is 6.18. The van der Waals surface area contributed by atoms with E-state index in [1.807, 2.05) is 0 Å². The van der Waals surface area contributed by atoms with Gasteiger partial charge in [-0.25, -0.2) is 4.79 Å². The van der Waals surface area contributed by atoms with E-state index in [1.165, 1.54) is 12.8 Å². The van der Waals surface area contributed by atoms with E-state index >= 15 is 0 Å². The molecule has 2 rings (SSSR count). The van der Waals surface area contributed by atoms with Gasteiger partial charge in [-0.05, 0) is 45.2 Å². The predicted molar refractivity (Wildman–Crippen MR) is 92.6 cm³/mol. The maximum Gasteiger partial charge on any atom is 0.408 e. The molecule has 132 valence electrons. The van der Waals surface area contributed by atoms with Crippen molar-refractivity contribution in [2.24, 2.45) is 5.92 Å². The lowest BCUT2D eigenvalue weighted by atomic mass is 9.98. The molecule has 0 saturated heterocycles. The summed E-state index contributed by atoms with van der Waals surface area (Å²) in [6.45, 7) is 5.40. The van der Waals surface area contributed by atoms with Crippen molar-refractivity contribution in [1.82, 2.24) is 10.3 Å². The van der Waals surface area contributed by atoms with Crippen molar-refractivity contribution in [1.29, 1.82) is 0 Å². The number of hydrogen-bond acceptors (Lipinski definition) is 4. The molecule has 6 heteroatoms. The molecular weight excluding hydrogens is 306 g/mol. The number of carbonyl (C=O) groups is 2. The van der Waals surface area contributed by atoms with Crippen LogP contribution in [0.2, 0.25) is 0 Å². The summed E-state index contributed by atoms with van der Waals surface area (Å²) in [4.78, 5) is 28.6. The Bertz CT molecular complexity index is 548. The fourth-order valence-electron chi connectivity index (χ4n) is 2.93. The molecule has 2 N–H and O–H groups in total. The van der Waals surface area contributed by atoms with Gasteiger partial charge in [0.2, 0.25) is 5.91 Å². The van der Waals surface area contributed by atoms with Crippen LogP contribution >= 0.6 is 0 Å². The summed E-state index contributed by atoms with van der Waals surface area (Å²) in [5.74, 6) is 0.227. The third-order valence-electron chi connectivity index (χ3n) is 3.98. The second kappa shape index (κ2) is 8.13. The fraction of sp³-hybridized carbons (Fsp3) is 0.611. The van der Waals surface area contributed by atoms with E-state index in [1.54, 1.807) is 45.3 Å². The van der Waals surface area contributed by atoms with Crippen molar-refractivity contribution >= 4 is 17.7 Å². The number of ether oxygens (including phenoxy) is 1. The van der Waals surface area contributed by atoms with E-state index in [9.17, 15) is 9.59 Å². The van der Waals surface area contributed by atoms with Gasteiger partial charge in [0.25, 0.3) is 0 Å². The van der Waals surface area contributed by atoms with Crippen molar-refractivity contribution < 1.29 is 14.3 Å². The van der Waals surface area contributed by atoms with Gasteiger partial charge in [-0.15, -0.1) is 0 Å². The molecule has 0 aliphatic heterocycles. The molecule has 1 fully saturated rings. The van der Waals surface area contributed by atoms with Gasteiger partial charge in [0.15, 0.2) is 0 Å². The average Bonchev–Trinajstić information content (AvgIpc) is 2.98. The molecule has 1 saturated carbocycles. The van der Waals surface area contributed by atoms with Gasteiger partial charge in [-0.1, -0.05) is 25.7 Å². The van der Waals surface area contributed by atoms with Crippen LogP contribution in [0.3, 0.4) is 0 Å². The summed E-state index contributed by atoms with van der Waals surface area (Å²) >= 11 is 0. The van der Waals surface area contributed by atoms with Crippen molar-refractivity contribution in [2.45, 2.75) is 64.5 Å². The minimum absolute atomic E-state index is 0.235. The number of pyridine rings is 1. The highest BCUT2D eigenvalue weighted by molar-refractivity contribution is 5.96. The third-order valence-corrected chi connectivity index (χ3v) is 3.98. The Morgan fingerprint density at radius 2 is 2.04 bits per heavy atom. The van der Waals surface area contributed by atoms with Crippen LogP contribution in [0, 0.1) is 5.92 Å². The Kier molecular flexibility index (Phi) is 6.17.